The standard InChI is InChI=1S/C12H7F3N2O3/c13-12(14,15)8-3-1-2-7(4-8)9-5-16-6-10(11(9)18)17(19)20/h1-6H,(H,16,18). The lowest BCUT2D eigenvalue weighted by Gasteiger charge is -2.08. The number of halogens is 3. The van der Waals surface area contributed by atoms with E-state index >= 15 is 0 Å². The molecule has 0 radical (unpaired) electrons. The van der Waals surface area contributed by atoms with Gasteiger partial charge >= 0.3 is 11.9 Å². The summed E-state index contributed by atoms with van der Waals surface area (Å²) in [4.78, 5) is 24.0. The zero-order valence-electron chi connectivity index (χ0n) is 9.77. The average molecular weight is 284 g/mol. The third-order valence-electron chi connectivity index (χ3n) is 2.62. The van der Waals surface area contributed by atoms with E-state index in [0.29, 0.717) is 0 Å². The van der Waals surface area contributed by atoms with Gasteiger partial charge in [-0.15, -0.1) is 0 Å². The van der Waals surface area contributed by atoms with Crippen LogP contribution in [0.2, 0.25) is 0 Å². The fraction of sp³-hybridized carbons (Fsp3) is 0.0833. The van der Waals surface area contributed by atoms with Gasteiger partial charge in [0, 0.05) is 6.20 Å². The van der Waals surface area contributed by atoms with Crippen LogP contribution in [-0.2, 0) is 6.18 Å². The van der Waals surface area contributed by atoms with Gasteiger partial charge in [-0.1, -0.05) is 12.1 Å². The molecule has 1 aromatic heterocycles. The van der Waals surface area contributed by atoms with Gasteiger partial charge in [-0.05, 0) is 17.7 Å². The van der Waals surface area contributed by atoms with Gasteiger partial charge < -0.3 is 4.98 Å². The van der Waals surface area contributed by atoms with Crippen LogP contribution in [0.25, 0.3) is 11.1 Å². The minimum absolute atomic E-state index is 0.0372. The van der Waals surface area contributed by atoms with E-state index < -0.39 is 27.8 Å². The number of nitrogens with one attached hydrogen (secondary N) is 1. The summed E-state index contributed by atoms with van der Waals surface area (Å²) in [5.41, 5.74) is -2.82. The molecule has 20 heavy (non-hydrogen) atoms. The maximum absolute atomic E-state index is 12.6. The van der Waals surface area contributed by atoms with E-state index in [2.05, 4.69) is 4.98 Å². The van der Waals surface area contributed by atoms with Gasteiger partial charge in [-0.2, -0.15) is 13.2 Å². The first-order chi connectivity index (χ1) is 9.30. The molecule has 0 saturated carbocycles. The van der Waals surface area contributed by atoms with Gasteiger partial charge in [0.05, 0.1) is 22.2 Å². The molecule has 0 saturated heterocycles. The fourth-order valence-electron chi connectivity index (χ4n) is 1.69. The zero-order chi connectivity index (χ0) is 14.9. The van der Waals surface area contributed by atoms with Gasteiger partial charge in [0.25, 0.3) is 5.43 Å². The van der Waals surface area contributed by atoms with E-state index in [9.17, 15) is 28.1 Å². The Morgan fingerprint density at radius 3 is 2.50 bits per heavy atom. The number of aromatic amines is 1. The van der Waals surface area contributed by atoms with Crippen LogP contribution in [0.3, 0.4) is 0 Å². The van der Waals surface area contributed by atoms with E-state index in [1.807, 2.05) is 0 Å². The van der Waals surface area contributed by atoms with Crippen LogP contribution in [0.5, 0.6) is 0 Å². The van der Waals surface area contributed by atoms with Crippen molar-refractivity contribution in [3.8, 4) is 11.1 Å². The predicted octanol–water partition coefficient (Wildman–Crippen LogP) is 2.97. The first-order valence-electron chi connectivity index (χ1n) is 5.34. The number of nitrogens with zero attached hydrogens (tertiary/aromatic N) is 1. The molecule has 8 heteroatoms. The maximum atomic E-state index is 12.6. The summed E-state index contributed by atoms with van der Waals surface area (Å²) in [6.07, 6.45) is -2.53. The minimum atomic E-state index is -4.55. The fourth-order valence-corrected chi connectivity index (χ4v) is 1.69. The number of hydrogen-bond donors (Lipinski definition) is 1. The van der Waals surface area contributed by atoms with Crippen molar-refractivity contribution in [1.82, 2.24) is 4.98 Å². The molecule has 0 bridgehead atoms. The second-order valence-electron chi connectivity index (χ2n) is 3.92. The molecule has 0 aliphatic heterocycles. The third kappa shape index (κ3) is 2.53. The van der Waals surface area contributed by atoms with Crippen LogP contribution in [0, 0.1) is 10.1 Å². The highest BCUT2D eigenvalue weighted by molar-refractivity contribution is 5.65. The van der Waals surface area contributed by atoms with Gasteiger partial charge in [0.2, 0.25) is 0 Å². The molecule has 1 N–H and O–H groups in total. The molecule has 0 aliphatic carbocycles. The second kappa shape index (κ2) is 4.80. The number of benzene rings is 1. The van der Waals surface area contributed by atoms with Crippen molar-refractivity contribution in [2.75, 3.05) is 0 Å². The van der Waals surface area contributed by atoms with Crippen LogP contribution < -0.4 is 5.43 Å². The third-order valence-corrected chi connectivity index (χ3v) is 2.62. The van der Waals surface area contributed by atoms with Crippen LogP contribution in [0.15, 0.2) is 41.5 Å². The quantitative estimate of drug-likeness (QED) is 0.680. The molecule has 2 rings (SSSR count). The lowest BCUT2D eigenvalue weighted by Crippen LogP contribution is -2.11. The summed E-state index contributed by atoms with van der Waals surface area (Å²) in [6.45, 7) is 0. The maximum Gasteiger partial charge on any atom is 0.416 e. The summed E-state index contributed by atoms with van der Waals surface area (Å²) in [5.74, 6) is 0. The number of H-pyrrole nitrogens is 1. The number of nitro groups is 1. The molecule has 0 unspecified atom stereocenters. The van der Waals surface area contributed by atoms with Crippen molar-refractivity contribution >= 4 is 5.69 Å². The number of pyridine rings is 1. The number of hydrogen-bond acceptors (Lipinski definition) is 3. The summed E-state index contributed by atoms with van der Waals surface area (Å²) in [7, 11) is 0. The predicted molar refractivity (Wildman–Crippen MR) is 64.2 cm³/mol. The molecule has 1 heterocycles. The zero-order valence-corrected chi connectivity index (χ0v) is 9.77. The largest absolute Gasteiger partial charge is 0.416 e. The van der Waals surface area contributed by atoms with Crippen molar-refractivity contribution in [2.45, 2.75) is 6.18 Å². The molecule has 0 atom stereocenters. The Hall–Kier alpha value is -2.64. The Morgan fingerprint density at radius 1 is 1.20 bits per heavy atom. The summed E-state index contributed by atoms with van der Waals surface area (Å²) >= 11 is 0. The van der Waals surface area contributed by atoms with E-state index in [4.69, 9.17) is 0 Å². The van der Waals surface area contributed by atoms with Crippen molar-refractivity contribution in [2.24, 2.45) is 0 Å². The van der Waals surface area contributed by atoms with Crippen molar-refractivity contribution < 1.29 is 18.1 Å². The molecule has 0 amide bonds. The Bertz CT molecular complexity index is 722. The summed E-state index contributed by atoms with van der Waals surface area (Å²) in [6, 6.07) is 4.04. The second-order valence-corrected chi connectivity index (χ2v) is 3.92. The normalized spacial score (nSPS) is 11.3. The van der Waals surface area contributed by atoms with Crippen LogP contribution in [0.1, 0.15) is 5.56 Å². The molecule has 104 valence electrons. The van der Waals surface area contributed by atoms with E-state index in [1.165, 1.54) is 6.07 Å². The van der Waals surface area contributed by atoms with Gasteiger partial charge in [-0.3, -0.25) is 14.9 Å². The van der Waals surface area contributed by atoms with Crippen molar-refractivity contribution in [3.63, 3.8) is 0 Å². The van der Waals surface area contributed by atoms with Crippen molar-refractivity contribution in [1.29, 1.82) is 0 Å². The minimum Gasteiger partial charge on any atom is -0.361 e. The lowest BCUT2D eigenvalue weighted by atomic mass is 10.0. The summed E-state index contributed by atoms with van der Waals surface area (Å²) in [5, 5.41) is 10.6. The first-order valence-corrected chi connectivity index (χ1v) is 5.34. The van der Waals surface area contributed by atoms with Crippen molar-refractivity contribution in [3.05, 3.63) is 62.6 Å². The van der Waals surface area contributed by atoms with E-state index in [1.54, 1.807) is 0 Å². The Kier molecular flexibility index (Phi) is 3.31. The molecular formula is C12H7F3N2O3. The monoisotopic (exact) mass is 284 g/mol. The molecular weight excluding hydrogens is 277 g/mol. The highest BCUT2D eigenvalue weighted by atomic mass is 19.4. The van der Waals surface area contributed by atoms with Gasteiger partial charge in [-0.25, -0.2) is 0 Å². The smallest absolute Gasteiger partial charge is 0.361 e. The molecule has 0 spiro atoms. The molecule has 0 fully saturated rings. The number of alkyl halides is 3. The average Bonchev–Trinajstić information content (AvgIpc) is 2.38. The molecule has 1 aromatic carbocycles. The molecule has 0 aliphatic rings. The first kappa shape index (κ1) is 13.8. The SMILES string of the molecule is O=c1c(-c2cccc(C(F)(F)F)c2)c[nH]cc1[N+](=O)[O-]. The van der Waals surface area contributed by atoms with Crippen LogP contribution in [0.4, 0.5) is 18.9 Å². The van der Waals surface area contributed by atoms with E-state index in [-0.39, 0.29) is 11.1 Å². The Labute approximate surface area is 109 Å². The highest BCUT2D eigenvalue weighted by Crippen LogP contribution is 2.31. The Morgan fingerprint density at radius 2 is 1.90 bits per heavy atom. The number of rotatable bonds is 2. The molecule has 2 aromatic rings. The van der Waals surface area contributed by atoms with Gasteiger partial charge in [0.1, 0.15) is 0 Å². The van der Waals surface area contributed by atoms with Crippen LogP contribution >= 0.6 is 0 Å². The Balaban J connectivity index is 2.61. The van der Waals surface area contributed by atoms with Gasteiger partial charge in [0.15, 0.2) is 0 Å². The molecule has 5 nitrogen and oxygen atoms in total. The lowest BCUT2D eigenvalue weighted by molar-refractivity contribution is -0.386. The topological polar surface area (TPSA) is 76.0 Å². The highest BCUT2D eigenvalue weighted by Gasteiger charge is 2.30. The summed E-state index contributed by atoms with van der Waals surface area (Å²) < 4.78 is 37.8. The number of aromatic nitrogens is 1. The van der Waals surface area contributed by atoms with Crippen LogP contribution in [-0.4, -0.2) is 9.91 Å². The van der Waals surface area contributed by atoms with E-state index in [0.717, 1.165) is 30.6 Å².